The van der Waals surface area contributed by atoms with E-state index in [-0.39, 0.29) is 0 Å². The summed E-state index contributed by atoms with van der Waals surface area (Å²) in [6.07, 6.45) is 19.6. The van der Waals surface area contributed by atoms with Gasteiger partial charge in [0.2, 0.25) is 0 Å². The van der Waals surface area contributed by atoms with E-state index in [1.54, 1.807) is 0 Å². The van der Waals surface area contributed by atoms with Crippen LogP contribution in [0, 0.1) is 0 Å². The first kappa shape index (κ1) is 15.7. The Morgan fingerprint density at radius 2 is 1.22 bits per heavy atom. The van der Waals surface area contributed by atoms with Gasteiger partial charge in [0.1, 0.15) is 0 Å². The topological polar surface area (TPSA) is 12.4 Å². The maximum absolute atomic E-state index is 4.71. The van der Waals surface area contributed by atoms with Gasteiger partial charge in [-0.2, -0.15) is 0 Å². The van der Waals surface area contributed by atoms with E-state index in [0.717, 1.165) is 6.54 Å². The van der Waals surface area contributed by atoms with E-state index in [0.29, 0.717) is 0 Å². The van der Waals surface area contributed by atoms with Gasteiger partial charge in [-0.1, -0.05) is 64.7 Å². The Morgan fingerprint density at radius 1 is 0.722 bits per heavy atom. The summed E-state index contributed by atoms with van der Waals surface area (Å²) in [5, 5.41) is 0. The molecule has 0 N–H and O–H groups in total. The van der Waals surface area contributed by atoms with Gasteiger partial charge < -0.3 is 0 Å². The monoisotopic (exact) mass is 251 g/mol. The molecule has 0 unspecified atom stereocenters. The molecular formula is C17H33N. The summed E-state index contributed by atoms with van der Waals surface area (Å²) in [4.78, 5) is 4.71. The van der Waals surface area contributed by atoms with Crippen molar-refractivity contribution in [2.45, 2.75) is 96.8 Å². The van der Waals surface area contributed by atoms with Gasteiger partial charge in [-0.25, -0.2) is 0 Å². The number of hydrogen-bond donors (Lipinski definition) is 0. The molecule has 1 nitrogen and oxygen atoms in total. The maximum Gasteiger partial charge on any atom is 0.0388 e. The lowest BCUT2D eigenvalue weighted by molar-refractivity contribution is 0.558. The molecule has 0 aromatic carbocycles. The molecule has 1 aliphatic rings. The Kier molecular flexibility index (Phi) is 10.3. The second-order valence-electron chi connectivity index (χ2n) is 5.84. The highest BCUT2D eigenvalue weighted by Crippen LogP contribution is 2.15. The summed E-state index contributed by atoms with van der Waals surface area (Å²) in [6, 6.07) is 0. The smallest absolute Gasteiger partial charge is 0.0388 e. The Hall–Kier alpha value is -0.330. The molecule has 1 heteroatoms. The van der Waals surface area contributed by atoms with Gasteiger partial charge in [0.25, 0.3) is 0 Å². The molecule has 0 saturated heterocycles. The molecule has 0 spiro atoms. The maximum atomic E-state index is 4.71. The normalized spacial score (nSPS) is 15.3. The molecule has 106 valence electrons. The van der Waals surface area contributed by atoms with Gasteiger partial charge in [0.05, 0.1) is 0 Å². The van der Waals surface area contributed by atoms with Crippen LogP contribution in [0.2, 0.25) is 0 Å². The van der Waals surface area contributed by atoms with Gasteiger partial charge >= 0.3 is 0 Å². The van der Waals surface area contributed by atoms with Crippen LogP contribution in [0.3, 0.4) is 0 Å². The van der Waals surface area contributed by atoms with Gasteiger partial charge in [-0.15, -0.1) is 0 Å². The van der Waals surface area contributed by atoms with Crippen LogP contribution < -0.4 is 0 Å². The first-order valence-corrected chi connectivity index (χ1v) is 8.45. The van der Waals surface area contributed by atoms with Crippen molar-refractivity contribution in [3.05, 3.63) is 0 Å². The molecule has 1 aliphatic carbocycles. The van der Waals surface area contributed by atoms with E-state index in [9.17, 15) is 0 Å². The molecule has 1 saturated carbocycles. The molecular weight excluding hydrogens is 218 g/mol. The third kappa shape index (κ3) is 8.72. The molecule has 0 aromatic rings. The third-order valence-electron chi connectivity index (χ3n) is 4.03. The lowest BCUT2D eigenvalue weighted by atomic mass is 10.1. The van der Waals surface area contributed by atoms with E-state index in [2.05, 4.69) is 6.92 Å². The summed E-state index contributed by atoms with van der Waals surface area (Å²) < 4.78 is 0. The fraction of sp³-hybridized carbons (Fsp3) is 0.941. The van der Waals surface area contributed by atoms with E-state index >= 15 is 0 Å². The Balaban J connectivity index is 1.74. The van der Waals surface area contributed by atoms with Crippen LogP contribution in [0.1, 0.15) is 96.8 Å². The number of aliphatic imine (C=N–C) groups is 1. The van der Waals surface area contributed by atoms with E-state index in [1.165, 1.54) is 95.6 Å². The number of nitrogens with zero attached hydrogens (tertiary/aromatic N) is 1. The van der Waals surface area contributed by atoms with Crippen molar-refractivity contribution in [1.29, 1.82) is 0 Å². The van der Waals surface area contributed by atoms with Crippen LogP contribution in [0.25, 0.3) is 0 Å². The van der Waals surface area contributed by atoms with Crippen molar-refractivity contribution in [2.75, 3.05) is 6.54 Å². The molecule has 0 atom stereocenters. The SMILES string of the molecule is CCCCCCCCCCCCN=C1CCCC1. The zero-order valence-electron chi connectivity index (χ0n) is 12.6. The summed E-state index contributed by atoms with van der Waals surface area (Å²) >= 11 is 0. The predicted octanol–water partition coefficient (Wildman–Crippen LogP) is 5.92. The Bertz CT molecular complexity index is 200. The van der Waals surface area contributed by atoms with Crippen LogP contribution in [-0.2, 0) is 0 Å². The van der Waals surface area contributed by atoms with Gasteiger partial charge in [-0.3, -0.25) is 4.99 Å². The lowest BCUT2D eigenvalue weighted by Gasteiger charge is -2.01. The van der Waals surface area contributed by atoms with Crippen LogP contribution >= 0.6 is 0 Å². The quantitative estimate of drug-likeness (QED) is 0.404. The summed E-state index contributed by atoms with van der Waals surface area (Å²) in [7, 11) is 0. The Morgan fingerprint density at radius 3 is 1.78 bits per heavy atom. The van der Waals surface area contributed by atoms with Crippen LogP contribution in [0.5, 0.6) is 0 Å². The average Bonchev–Trinajstić information content (AvgIpc) is 2.89. The van der Waals surface area contributed by atoms with Crippen LogP contribution in [-0.4, -0.2) is 12.3 Å². The van der Waals surface area contributed by atoms with Crippen molar-refractivity contribution in [2.24, 2.45) is 4.99 Å². The summed E-state index contributed by atoms with van der Waals surface area (Å²) in [5.74, 6) is 0. The molecule has 0 amide bonds. The first-order chi connectivity index (χ1) is 8.93. The Labute approximate surface area is 114 Å². The highest BCUT2D eigenvalue weighted by atomic mass is 14.7. The minimum atomic E-state index is 1.10. The molecule has 0 aliphatic heterocycles. The van der Waals surface area contributed by atoms with Crippen molar-refractivity contribution < 1.29 is 0 Å². The van der Waals surface area contributed by atoms with Crippen molar-refractivity contribution in [1.82, 2.24) is 0 Å². The third-order valence-corrected chi connectivity index (χ3v) is 4.03. The highest BCUT2D eigenvalue weighted by Gasteiger charge is 2.06. The zero-order valence-corrected chi connectivity index (χ0v) is 12.6. The molecule has 0 heterocycles. The minimum Gasteiger partial charge on any atom is -0.294 e. The van der Waals surface area contributed by atoms with Crippen LogP contribution in [0.4, 0.5) is 0 Å². The highest BCUT2D eigenvalue weighted by molar-refractivity contribution is 5.86. The van der Waals surface area contributed by atoms with Crippen molar-refractivity contribution >= 4 is 5.71 Å². The largest absolute Gasteiger partial charge is 0.294 e. The van der Waals surface area contributed by atoms with Crippen molar-refractivity contribution in [3.8, 4) is 0 Å². The molecule has 18 heavy (non-hydrogen) atoms. The molecule has 0 bridgehead atoms. The second-order valence-corrected chi connectivity index (χ2v) is 5.84. The molecule has 1 rings (SSSR count). The first-order valence-electron chi connectivity index (χ1n) is 8.45. The van der Waals surface area contributed by atoms with E-state index in [1.807, 2.05) is 0 Å². The number of rotatable bonds is 11. The lowest BCUT2D eigenvalue weighted by Crippen LogP contribution is -1.92. The minimum absolute atomic E-state index is 1.10. The molecule has 1 fully saturated rings. The van der Waals surface area contributed by atoms with Crippen molar-refractivity contribution in [3.63, 3.8) is 0 Å². The fourth-order valence-corrected chi connectivity index (χ4v) is 2.78. The molecule has 0 aromatic heterocycles. The van der Waals surface area contributed by atoms with E-state index < -0.39 is 0 Å². The zero-order chi connectivity index (χ0) is 12.9. The number of hydrogen-bond acceptors (Lipinski definition) is 1. The van der Waals surface area contributed by atoms with Crippen LogP contribution in [0.15, 0.2) is 4.99 Å². The molecule has 0 radical (unpaired) electrons. The van der Waals surface area contributed by atoms with Gasteiger partial charge in [0, 0.05) is 12.3 Å². The average molecular weight is 251 g/mol. The summed E-state index contributed by atoms with van der Waals surface area (Å²) in [6.45, 7) is 3.39. The predicted molar refractivity (Wildman–Crippen MR) is 82.6 cm³/mol. The fourth-order valence-electron chi connectivity index (χ4n) is 2.78. The van der Waals surface area contributed by atoms with Gasteiger partial charge in [-0.05, 0) is 32.1 Å². The summed E-state index contributed by atoms with van der Waals surface area (Å²) in [5.41, 5.74) is 1.51. The second kappa shape index (κ2) is 11.7. The van der Waals surface area contributed by atoms with Gasteiger partial charge in [0.15, 0.2) is 0 Å². The number of unbranched alkanes of at least 4 members (excludes halogenated alkanes) is 9. The standard InChI is InChI=1S/C17H33N/c1-2-3-4-5-6-7-8-9-10-13-16-18-17-14-11-12-15-17/h2-16H2,1H3. The van der Waals surface area contributed by atoms with E-state index in [4.69, 9.17) is 4.99 Å².